The molecule has 2 aliphatic rings. The third-order valence-corrected chi connectivity index (χ3v) is 7.25. The molecule has 0 aliphatic carbocycles. The number of rotatable bonds is 2. The lowest BCUT2D eigenvalue weighted by molar-refractivity contribution is 0.320. The highest BCUT2D eigenvalue weighted by Crippen LogP contribution is 2.48. The molecule has 0 amide bonds. The molecule has 1 saturated heterocycles. The number of nitrogens with zero attached hydrogens (tertiary/aromatic N) is 5. The minimum atomic E-state index is -0.596. The largest absolute Gasteiger partial charge is 0.351 e. The van der Waals surface area contributed by atoms with E-state index in [2.05, 4.69) is 46.6 Å². The Hall–Kier alpha value is -2.65. The maximum absolute atomic E-state index is 10.4. The highest BCUT2D eigenvalue weighted by Gasteiger charge is 2.52. The summed E-state index contributed by atoms with van der Waals surface area (Å²) in [5.74, 6) is 1.17. The highest BCUT2D eigenvalue weighted by atomic mass is 32.1. The van der Waals surface area contributed by atoms with Crippen LogP contribution in [0.3, 0.4) is 0 Å². The molecule has 0 unspecified atom stereocenters. The van der Waals surface area contributed by atoms with Crippen molar-refractivity contribution in [1.29, 1.82) is 5.26 Å². The summed E-state index contributed by atoms with van der Waals surface area (Å²) < 4.78 is 2.08. The van der Waals surface area contributed by atoms with Crippen LogP contribution in [0.2, 0.25) is 0 Å². The molecule has 0 spiro atoms. The summed E-state index contributed by atoms with van der Waals surface area (Å²) in [7, 11) is 0. The van der Waals surface area contributed by atoms with E-state index in [9.17, 15) is 5.26 Å². The van der Waals surface area contributed by atoms with Crippen LogP contribution < -0.4 is 4.90 Å². The lowest BCUT2D eigenvalue weighted by Gasteiger charge is -2.48. The molecule has 3 aromatic rings. The minimum Gasteiger partial charge on any atom is -0.351 e. The number of piperidine rings is 1. The predicted octanol–water partition coefficient (Wildman–Crippen LogP) is 4.32. The number of para-hydroxylation sites is 1. The summed E-state index contributed by atoms with van der Waals surface area (Å²) in [5.41, 5.74) is 2.68. The van der Waals surface area contributed by atoms with Gasteiger partial charge in [-0.2, -0.15) is 10.4 Å². The van der Waals surface area contributed by atoms with Gasteiger partial charge in [0.1, 0.15) is 16.2 Å². The first-order valence-corrected chi connectivity index (χ1v) is 10.7. The number of anilines is 1. The van der Waals surface area contributed by atoms with Crippen molar-refractivity contribution in [3.63, 3.8) is 0 Å². The van der Waals surface area contributed by atoms with Gasteiger partial charge in [0, 0.05) is 29.6 Å². The van der Waals surface area contributed by atoms with Crippen LogP contribution in [0.1, 0.15) is 40.4 Å². The fraction of sp³-hybridized carbons (Fsp3) is 0.409. The van der Waals surface area contributed by atoms with E-state index in [1.807, 2.05) is 24.4 Å². The molecule has 0 saturated carbocycles. The van der Waals surface area contributed by atoms with Crippen molar-refractivity contribution in [3.05, 3.63) is 57.7 Å². The fourth-order valence-electron chi connectivity index (χ4n) is 4.83. The number of aryl methyl sites for hydroxylation is 2. The molecule has 1 fully saturated rings. The Kier molecular flexibility index (Phi) is 4.02. The topological polar surface area (TPSA) is 57.7 Å². The highest BCUT2D eigenvalue weighted by molar-refractivity contribution is 7.11. The smallest absolute Gasteiger partial charge is 0.136 e. The van der Waals surface area contributed by atoms with Crippen LogP contribution in [0.25, 0.3) is 5.69 Å². The SMILES string of the molecule is Cc1cnc([C@@]2(C#N)Cc3c(C)nn(-c4ccccc4)c3N3CCCC[C@H]32)s1. The van der Waals surface area contributed by atoms with Gasteiger partial charge < -0.3 is 4.90 Å². The number of nitriles is 1. The Morgan fingerprint density at radius 1 is 1.21 bits per heavy atom. The van der Waals surface area contributed by atoms with Crippen LogP contribution in [0.4, 0.5) is 5.82 Å². The van der Waals surface area contributed by atoms with Crippen LogP contribution in [-0.4, -0.2) is 27.4 Å². The van der Waals surface area contributed by atoms with Crippen molar-refractivity contribution >= 4 is 17.2 Å². The van der Waals surface area contributed by atoms with Gasteiger partial charge in [-0.25, -0.2) is 9.67 Å². The van der Waals surface area contributed by atoms with Crippen LogP contribution in [0, 0.1) is 25.2 Å². The van der Waals surface area contributed by atoms with Crippen molar-refractivity contribution in [1.82, 2.24) is 14.8 Å². The van der Waals surface area contributed by atoms with Crippen molar-refractivity contribution in [2.75, 3.05) is 11.4 Å². The van der Waals surface area contributed by atoms with Gasteiger partial charge >= 0.3 is 0 Å². The molecule has 2 aromatic heterocycles. The number of fused-ring (bicyclic) bond motifs is 3. The van der Waals surface area contributed by atoms with E-state index in [0.717, 1.165) is 47.1 Å². The van der Waals surface area contributed by atoms with Gasteiger partial charge in [-0.1, -0.05) is 18.2 Å². The first-order chi connectivity index (χ1) is 13.6. The molecule has 142 valence electrons. The summed E-state index contributed by atoms with van der Waals surface area (Å²) in [4.78, 5) is 8.30. The van der Waals surface area contributed by atoms with Gasteiger partial charge in [0.05, 0.1) is 23.5 Å². The number of aromatic nitrogens is 3. The third-order valence-electron chi connectivity index (χ3n) is 6.16. The second-order valence-corrected chi connectivity index (χ2v) is 9.11. The van der Waals surface area contributed by atoms with E-state index in [4.69, 9.17) is 5.10 Å². The summed E-state index contributed by atoms with van der Waals surface area (Å²) in [6.45, 7) is 5.10. The summed E-state index contributed by atoms with van der Waals surface area (Å²) in [6.07, 6.45) is 5.91. The Balaban J connectivity index is 1.73. The molecule has 5 rings (SSSR count). The predicted molar refractivity (Wildman–Crippen MR) is 111 cm³/mol. The molecule has 4 heterocycles. The second kappa shape index (κ2) is 6.46. The Morgan fingerprint density at radius 3 is 2.75 bits per heavy atom. The van der Waals surface area contributed by atoms with Crippen molar-refractivity contribution in [3.8, 4) is 11.8 Å². The first-order valence-electron chi connectivity index (χ1n) is 9.89. The van der Waals surface area contributed by atoms with E-state index in [0.29, 0.717) is 6.42 Å². The monoisotopic (exact) mass is 389 g/mol. The quantitative estimate of drug-likeness (QED) is 0.655. The summed E-state index contributed by atoms with van der Waals surface area (Å²) in [5, 5.41) is 16.3. The van der Waals surface area contributed by atoms with Gasteiger partial charge in [-0.15, -0.1) is 11.3 Å². The van der Waals surface area contributed by atoms with E-state index >= 15 is 0 Å². The van der Waals surface area contributed by atoms with Gasteiger partial charge in [-0.05, 0) is 45.2 Å². The maximum Gasteiger partial charge on any atom is 0.136 e. The zero-order valence-corrected chi connectivity index (χ0v) is 17.0. The summed E-state index contributed by atoms with van der Waals surface area (Å²) >= 11 is 1.67. The molecule has 0 bridgehead atoms. The zero-order chi connectivity index (χ0) is 19.3. The number of thiazole rings is 1. The fourth-order valence-corrected chi connectivity index (χ4v) is 5.79. The first kappa shape index (κ1) is 17.4. The number of hydrogen-bond acceptors (Lipinski definition) is 5. The molecule has 2 aliphatic heterocycles. The van der Waals surface area contributed by atoms with E-state index < -0.39 is 5.41 Å². The van der Waals surface area contributed by atoms with Crippen LogP contribution in [0.15, 0.2) is 36.5 Å². The average Bonchev–Trinajstić information content (AvgIpc) is 3.32. The van der Waals surface area contributed by atoms with Gasteiger partial charge in [0.15, 0.2) is 0 Å². The Bertz CT molecular complexity index is 1060. The normalized spacial score (nSPS) is 23.8. The van der Waals surface area contributed by atoms with Crippen LogP contribution in [0.5, 0.6) is 0 Å². The molecule has 28 heavy (non-hydrogen) atoms. The Labute approximate surface area is 169 Å². The standard InChI is InChI=1S/C22H23N5S/c1-15-13-24-21(28-15)22(14-23)12-18-16(2)25-27(17-8-4-3-5-9-17)20(18)26-11-7-6-10-19(22)26/h3-5,8-9,13,19H,6-7,10-12H2,1-2H3/t19-,22+/m0/s1. The zero-order valence-electron chi connectivity index (χ0n) is 16.2. The van der Waals surface area contributed by atoms with Crippen LogP contribution in [-0.2, 0) is 11.8 Å². The maximum atomic E-state index is 10.4. The molecule has 0 radical (unpaired) electrons. The third kappa shape index (κ3) is 2.43. The van der Waals surface area contributed by atoms with E-state index in [1.165, 1.54) is 11.4 Å². The van der Waals surface area contributed by atoms with Gasteiger partial charge in [0.2, 0.25) is 0 Å². The number of hydrogen-bond donors (Lipinski definition) is 0. The van der Waals surface area contributed by atoms with E-state index in [1.54, 1.807) is 11.3 Å². The van der Waals surface area contributed by atoms with Crippen molar-refractivity contribution in [2.45, 2.75) is 51.0 Å². The summed E-state index contributed by atoms with van der Waals surface area (Å²) in [6, 6.07) is 13.2. The molecular weight excluding hydrogens is 366 g/mol. The van der Waals surface area contributed by atoms with Gasteiger partial charge in [0.25, 0.3) is 0 Å². The number of benzene rings is 1. The molecule has 1 aromatic carbocycles. The molecular formula is C22H23N5S. The lowest BCUT2D eigenvalue weighted by Crippen LogP contribution is -2.57. The van der Waals surface area contributed by atoms with Gasteiger partial charge in [-0.3, -0.25) is 0 Å². The Morgan fingerprint density at radius 2 is 2.04 bits per heavy atom. The van der Waals surface area contributed by atoms with E-state index in [-0.39, 0.29) is 6.04 Å². The molecule has 6 heteroatoms. The second-order valence-electron chi connectivity index (χ2n) is 7.88. The van der Waals surface area contributed by atoms with Crippen molar-refractivity contribution in [2.24, 2.45) is 0 Å². The average molecular weight is 390 g/mol. The molecule has 5 nitrogen and oxygen atoms in total. The molecule has 0 N–H and O–H groups in total. The molecule has 2 atom stereocenters. The lowest BCUT2D eigenvalue weighted by atomic mass is 9.70. The van der Waals surface area contributed by atoms with Crippen molar-refractivity contribution < 1.29 is 0 Å². The minimum absolute atomic E-state index is 0.142. The van der Waals surface area contributed by atoms with Crippen LogP contribution >= 0.6 is 11.3 Å².